The lowest BCUT2D eigenvalue weighted by molar-refractivity contribution is -0.126. The third-order valence-corrected chi connectivity index (χ3v) is 6.19. The number of imide groups is 1. The molecule has 2 saturated heterocycles. The number of halogens is 1. The molecule has 6 nitrogen and oxygen atoms in total. The van der Waals surface area contributed by atoms with Crippen LogP contribution in [0.1, 0.15) is 17.2 Å². The number of fused-ring (bicyclic) bond motifs is 1. The van der Waals surface area contributed by atoms with Gasteiger partial charge >= 0.3 is 0 Å². The molecule has 2 heterocycles. The van der Waals surface area contributed by atoms with E-state index in [1.165, 1.54) is 4.90 Å². The molecular formula is C24H19BrN2O4. The molecule has 3 aromatic carbocycles. The standard InChI is InChI=1S/C24H19BrN2O4/c1-14-6-5-9-17(12-14)26-23(29)20-21(18-13-15(25)10-11-19(18)28)27(31-22(20)24(26)30)16-7-3-2-4-8-16/h2-13,20-22,28H,1H3/t20-,21+,22+/m0/s1. The van der Waals surface area contributed by atoms with Crippen LogP contribution in [0.15, 0.2) is 77.3 Å². The van der Waals surface area contributed by atoms with E-state index >= 15 is 0 Å². The van der Waals surface area contributed by atoms with E-state index < -0.39 is 24.0 Å². The molecule has 0 unspecified atom stereocenters. The molecule has 0 saturated carbocycles. The number of phenols is 1. The zero-order valence-corrected chi connectivity index (χ0v) is 18.2. The highest BCUT2D eigenvalue weighted by Gasteiger charge is 2.60. The molecule has 3 atom stereocenters. The second kappa shape index (κ2) is 7.51. The van der Waals surface area contributed by atoms with Gasteiger partial charge in [0.15, 0.2) is 6.10 Å². The molecule has 2 fully saturated rings. The number of amides is 2. The van der Waals surface area contributed by atoms with Crippen molar-refractivity contribution >= 4 is 39.1 Å². The van der Waals surface area contributed by atoms with Crippen LogP contribution in [0.4, 0.5) is 11.4 Å². The highest BCUT2D eigenvalue weighted by molar-refractivity contribution is 9.10. The van der Waals surface area contributed by atoms with Gasteiger partial charge in [-0.3, -0.25) is 14.4 Å². The minimum Gasteiger partial charge on any atom is -0.508 e. The fourth-order valence-corrected chi connectivity index (χ4v) is 4.69. The SMILES string of the molecule is Cc1cccc(N2C(=O)[C@H]3[C@@H](c4cc(Br)ccc4O)N(c4ccccc4)O[C@H]3C2=O)c1. The summed E-state index contributed by atoms with van der Waals surface area (Å²) < 4.78 is 0.754. The number of phenolic OH excluding ortho intramolecular Hbond substituents is 1. The van der Waals surface area contributed by atoms with Crippen molar-refractivity contribution in [2.75, 3.05) is 9.96 Å². The summed E-state index contributed by atoms with van der Waals surface area (Å²) in [4.78, 5) is 34.2. The summed E-state index contributed by atoms with van der Waals surface area (Å²) in [6, 6.07) is 20.9. The predicted octanol–water partition coefficient (Wildman–Crippen LogP) is 4.51. The number of anilines is 2. The molecule has 0 aromatic heterocycles. The topological polar surface area (TPSA) is 70.1 Å². The van der Waals surface area contributed by atoms with E-state index in [0.717, 1.165) is 10.0 Å². The number of carbonyl (C=O) groups excluding carboxylic acids is 2. The first-order valence-corrected chi connectivity index (χ1v) is 10.7. The van der Waals surface area contributed by atoms with E-state index in [0.29, 0.717) is 16.9 Å². The summed E-state index contributed by atoms with van der Waals surface area (Å²) in [6.07, 6.45) is -0.975. The highest BCUT2D eigenvalue weighted by Crippen LogP contribution is 2.49. The Labute approximate surface area is 187 Å². The Bertz CT molecular complexity index is 1180. The maximum absolute atomic E-state index is 13.6. The van der Waals surface area contributed by atoms with Gasteiger partial charge in [-0.2, -0.15) is 0 Å². The smallest absolute Gasteiger partial charge is 0.266 e. The first-order chi connectivity index (χ1) is 15.0. The first-order valence-electron chi connectivity index (χ1n) is 9.89. The number of carbonyl (C=O) groups is 2. The second-order valence-electron chi connectivity index (χ2n) is 7.71. The monoisotopic (exact) mass is 478 g/mol. The van der Waals surface area contributed by atoms with Crippen molar-refractivity contribution in [2.45, 2.75) is 19.1 Å². The normalized spacial score (nSPS) is 22.8. The molecular weight excluding hydrogens is 460 g/mol. The van der Waals surface area contributed by atoms with E-state index in [2.05, 4.69) is 15.9 Å². The lowest BCUT2D eigenvalue weighted by Gasteiger charge is -2.29. The van der Waals surface area contributed by atoms with E-state index in [9.17, 15) is 14.7 Å². The Morgan fingerprint density at radius 1 is 0.903 bits per heavy atom. The molecule has 5 rings (SSSR count). The van der Waals surface area contributed by atoms with Crippen molar-refractivity contribution in [3.8, 4) is 5.75 Å². The third kappa shape index (κ3) is 3.21. The number of hydrogen-bond acceptors (Lipinski definition) is 5. The van der Waals surface area contributed by atoms with Gasteiger partial charge in [-0.1, -0.05) is 46.3 Å². The van der Waals surface area contributed by atoms with Crippen molar-refractivity contribution in [3.05, 3.63) is 88.4 Å². The lowest BCUT2D eigenvalue weighted by atomic mass is 9.90. The van der Waals surface area contributed by atoms with Gasteiger partial charge in [0.05, 0.1) is 17.4 Å². The average molecular weight is 479 g/mol. The van der Waals surface area contributed by atoms with Crippen LogP contribution in [0.3, 0.4) is 0 Å². The van der Waals surface area contributed by atoms with Crippen molar-refractivity contribution in [2.24, 2.45) is 5.92 Å². The minimum absolute atomic E-state index is 0.0348. The summed E-state index contributed by atoms with van der Waals surface area (Å²) in [5, 5.41) is 12.2. The summed E-state index contributed by atoms with van der Waals surface area (Å²) in [6.45, 7) is 1.91. The Balaban J connectivity index is 1.63. The molecule has 7 heteroatoms. The maximum Gasteiger partial charge on any atom is 0.266 e. The number of benzene rings is 3. The number of aryl methyl sites for hydroxylation is 1. The molecule has 2 amide bonds. The van der Waals surface area contributed by atoms with Crippen molar-refractivity contribution in [1.82, 2.24) is 0 Å². The fourth-order valence-electron chi connectivity index (χ4n) is 4.31. The molecule has 0 spiro atoms. The summed E-state index contributed by atoms with van der Waals surface area (Å²) in [5.41, 5.74) is 2.68. The minimum atomic E-state index is -0.975. The predicted molar refractivity (Wildman–Crippen MR) is 120 cm³/mol. The molecule has 2 aliphatic heterocycles. The van der Waals surface area contributed by atoms with E-state index in [-0.39, 0.29) is 11.7 Å². The Kier molecular flexibility index (Phi) is 4.79. The number of hydrogen-bond donors (Lipinski definition) is 1. The maximum atomic E-state index is 13.6. The van der Waals surface area contributed by atoms with E-state index in [4.69, 9.17) is 4.84 Å². The van der Waals surface area contributed by atoms with E-state index in [1.807, 2.05) is 49.4 Å². The summed E-state index contributed by atoms with van der Waals surface area (Å²) >= 11 is 3.44. The van der Waals surface area contributed by atoms with Gasteiger partial charge in [-0.25, -0.2) is 9.96 Å². The molecule has 3 aromatic rings. The largest absolute Gasteiger partial charge is 0.508 e. The fraction of sp³-hybridized carbons (Fsp3) is 0.167. The molecule has 156 valence electrons. The molecule has 0 radical (unpaired) electrons. The number of para-hydroxylation sites is 1. The van der Waals surface area contributed by atoms with Crippen LogP contribution < -0.4 is 9.96 Å². The molecule has 1 N–H and O–H groups in total. The zero-order valence-electron chi connectivity index (χ0n) is 16.6. The Hall–Kier alpha value is -3.16. The van der Waals surface area contributed by atoms with Crippen LogP contribution in [0.5, 0.6) is 5.75 Å². The van der Waals surface area contributed by atoms with Crippen LogP contribution in [-0.2, 0) is 14.4 Å². The molecule has 2 aliphatic rings. The van der Waals surface area contributed by atoms with Crippen LogP contribution in [0.2, 0.25) is 0 Å². The Morgan fingerprint density at radius 3 is 2.39 bits per heavy atom. The number of nitrogens with zero attached hydrogens (tertiary/aromatic N) is 2. The van der Waals surface area contributed by atoms with Crippen LogP contribution in [-0.4, -0.2) is 23.0 Å². The zero-order chi connectivity index (χ0) is 21.7. The van der Waals surface area contributed by atoms with Crippen LogP contribution in [0, 0.1) is 12.8 Å². The first kappa shape index (κ1) is 19.8. The van der Waals surface area contributed by atoms with Gasteiger partial charge in [0.2, 0.25) is 5.91 Å². The van der Waals surface area contributed by atoms with Gasteiger partial charge in [0.1, 0.15) is 11.7 Å². The van der Waals surface area contributed by atoms with Crippen molar-refractivity contribution < 1.29 is 19.5 Å². The average Bonchev–Trinajstić information content (AvgIpc) is 3.26. The number of aromatic hydroxyl groups is 1. The number of hydroxylamine groups is 1. The molecule has 0 bridgehead atoms. The number of rotatable bonds is 3. The van der Waals surface area contributed by atoms with Gasteiger partial charge in [0.25, 0.3) is 5.91 Å². The van der Waals surface area contributed by atoms with E-state index in [1.54, 1.807) is 35.4 Å². The quantitative estimate of drug-likeness (QED) is 0.560. The highest BCUT2D eigenvalue weighted by atomic mass is 79.9. The summed E-state index contributed by atoms with van der Waals surface area (Å²) in [7, 11) is 0. The second-order valence-corrected chi connectivity index (χ2v) is 8.63. The van der Waals surface area contributed by atoms with Crippen molar-refractivity contribution in [3.63, 3.8) is 0 Å². The summed E-state index contributed by atoms with van der Waals surface area (Å²) in [5.74, 6) is -1.51. The van der Waals surface area contributed by atoms with Gasteiger partial charge in [-0.05, 0) is 55.0 Å². The Morgan fingerprint density at radius 2 is 1.65 bits per heavy atom. The molecule has 31 heavy (non-hydrogen) atoms. The van der Waals surface area contributed by atoms with Gasteiger partial charge in [0, 0.05) is 10.0 Å². The molecule has 0 aliphatic carbocycles. The van der Waals surface area contributed by atoms with Crippen LogP contribution in [0.25, 0.3) is 0 Å². The lowest BCUT2D eigenvalue weighted by Crippen LogP contribution is -2.37. The van der Waals surface area contributed by atoms with Gasteiger partial charge < -0.3 is 5.11 Å². The van der Waals surface area contributed by atoms with Crippen LogP contribution >= 0.6 is 15.9 Å². The third-order valence-electron chi connectivity index (χ3n) is 5.69. The van der Waals surface area contributed by atoms with Gasteiger partial charge in [-0.15, -0.1) is 0 Å². The van der Waals surface area contributed by atoms with Crippen molar-refractivity contribution in [1.29, 1.82) is 0 Å².